The summed E-state index contributed by atoms with van der Waals surface area (Å²) in [6.45, 7) is 4.18. The first-order chi connectivity index (χ1) is 10.3. The Bertz CT molecular complexity index is 529. The zero-order valence-electron chi connectivity index (χ0n) is 12.4. The van der Waals surface area contributed by atoms with Gasteiger partial charge in [-0.3, -0.25) is 0 Å². The molecule has 2 aromatic heterocycles. The Morgan fingerprint density at radius 1 is 1.19 bits per heavy atom. The van der Waals surface area contributed by atoms with Crippen LogP contribution in [0.5, 0.6) is 6.01 Å². The topological polar surface area (TPSA) is 89.8 Å². The molecule has 0 aliphatic heterocycles. The van der Waals surface area contributed by atoms with Crippen LogP contribution < -0.4 is 15.4 Å². The second kappa shape index (κ2) is 8.03. The molecule has 2 aromatic rings. The molecule has 0 aliphatic rings. The van der Waals surface area contributed by atoms with Crippen molar-refractivity contribution in [2.45, 2.75) is 26.3 Å². The van der Waals surface area contributed by atoms with Crippen LogP contribution in [-0.4, -0.2) is 44.7 Å². The highest BCUT2D eigenvalue weighted by Gasteiger charge is 2.05. The minimum Gasteiger partial charge on any atom is -0.464 e. The molecule has 2 rings (SSSR count). The van der Waals surface area contributed by atoms with E-state index in [4.69, 9.17) is 4.74 Å². The fraction of sp³-hybridized carbons (Fsp3) is 0.538. The number of anilines is 2. The van der Waals surface area contributed by atoms with E-state index in [0.29, 0.717) is 24.5 Å². The van der Waals surface area contributed by atoms with Crippen LogP contribution in [0.25, 0.3) is 0 Å². The molecule has 0 fully saturated rings. The summed E-state index contributed by atoms with van der Waals surface area (Å²) in [4.78, 5) is 16.6. The smallest absolute Gasteiger partial charge is 0.323 e. The summed E-state index contributed by atoms with van der Waals surface area (Å²) in [7, 11) is 1.76. The Morgan fingerprint density at radius 3 is 2.76 bits per heavy atom. The molecule has 0 aliphatic carbocycles. The summed E-state index contributed by atoms with van der Waals surface area (Å²) in [5, 5.41) is 6.08. The molecule has 0 spiro atoms. The number of ether oxygens (including phenoxy) is 1. The second-order valence-electron chi connectivity index (χ2n) is 4.38. The maximum absolute atomic E-state index is 5.31. The maximum Gasteiger partial charge on any atom is 0.323 e. The molecular weight excluding hydrogens is 270 g/mol. The van der Waals surface area contributed by atoms with Gasteiger partial charge < -0.3 is 19.9 Å². The molecule has 8 heteroatoms. The van der Waals surface area contributed by atoms with Crippen molar-refractivity contribution in [1.29, 1.82) is 0 Å². The number of aromatic nitrogens is 5. The van der Waals surface area contributed by atoms with Gasteiger partial charge in [0.2, 0.25) is 11.9 Å². The molecule has 0 atom stereocenters. The lowest BCUT2D eigenvalue weighted by molar-refractivity contribution is 0.312. The molecule has 0 saturated heterocycles. The van der Waals surface area contributed by atoms with Crippen LogP contribution in [0.1, 0.15) is 19.8 Å². The zero-order valence-corrected chi connectivity index (χ0v) is 12.4. The van der Waals surface area contributed by atoms with Crippen molar-refractivity contribution in [3.63, 3.8) is 0 Å². The first-order valence-corrected chi connectivity index (χ1v) is 7.08. The summed E-state index contributed by atoms with van der Waals surface area (Å²) < 4.78 is 7.38. The number of nitrogens with one attached hydrogen (secondary N) is 2. The van der Waals surface area contributed by atoms with Crippen LogP contribution in [0.2, 0.25) is 0 Å². The van der Waals surface area contributed by atoms with E-state index in [1.54, 1.807) is 13.2 Å². The van der Waals surface area contributed by atoms with Gasteiger partial charge in [-0.1, -0.05) is 0 Å². The largest absolute Gasteiger partial charge is 0.464 e. The van der Waals surface area contributed by atoms with E-state index in [1.807, 2.05) is 19.4 Å². The van der Waals surface area contributed by atoms with Gasteiger partial charge in [-0.2, -0.15) is 15.0 Å². The number of imidazole rings is 1. The average molecular weight is 291 g/mol. The molecular formula is C13H21N7O. The van der Waals surface area contributed by atoms with E-state index >= 15 is 0 Å². The van der Waals surface area contributed by atoms with E-state index in [-0.39, 0.29) is 0 Å². The predicted molar refractivity (Wildman–Crippen MR) is 80.5 cm³/mol. The van der Waals surface area contributed by atoms with Crippen molar-refractivity contribution in [2.24, 2.45) is 0 Å². The molecule has 2 heterocycles. The third-order valence-corrected chi connectivity index (χ3v) is 2.80. The van der Waals surface area contributed by atoms with Crippen molar-refractivity contribution in [3.05, 3.63) is 18.7 Å². The molecule has 0 saturated carbocycles. The monoisotopic (exact) mass is 291 g/mol. The molecule has 0 aromatic carbocycles. The Labute approximate surface area is 124 Å². The van der Waals surface area contributed by atoms with E-state index in [9.17, 15) is 0 Å². The van der Waals surface area contributed by atoms with Crippen molar-refractivity contribution < 1.29 is 4.74 Å². The molecule has 2 N–H and O–H groups in total. The minimum absolute atomic E-state index is 0.331. The predicted octanol–water partition coefficient (Wildman–Crippen LogP) is 1.40. The third kappa shape index (κ3) is 4.90. The Kier molecular flexibility index (Phi) is 5.74. The lowest BCUT2D eigenvalue weighted by Crippen LogP contribution is -2.10. The fourth-order valence-electron chi connectivity index (χ4n) is 1.78. The third-order valence-electron chi connectivity index (χ3n) is 2.80. The standard InChI is InChI=1S/C13H21N7O/c1-3-21-13-18-11(14-2)17-12(19-13)16-6-4-5-8-20-9-7-15-10-20/h7,9-10H,3-6,8H2,1-2H3,(H2,14,16,17,18,19). The summed E-state index contributed by atoms with van der Waals surface area (Å²) in [6, 6.07) is 0.331. The molecule has 114 valence electrons. The summed E-state index contributed by atoms with van der Waals surface area (Å²) in [5.41, 5.74) is 0. The highest BCUT2D eigenvalue weighted by molar-refractivity contribution is 5.35. The van der Waals surface area contributed by atoms with Gasteiger partial charge in [-0.25, -0.2) is 4.98 Å². The number of rotatable bonds is 9. The highest BCUT2D eigenvalue weighted by Crippen LogP contribution is 2.10. The molecule has 8 nitrogen and oxygen atoms in total. The van der Waals surface area contributed by atoms with Crippen LogP contribution in [0.3, 0.4) is 0 Å². The molecule has 0 unspecified atom stereocenters. The van der Waals surface area contributed by atoms with Crippen LogP contribution in [0.15, 0.2) is 18.7 Å². The quantitative estimate of drug-likeness (QED) is 0.675. The number of hydrogen-bond donors (Lipinski definition) is 2. The second-order valence-corrected chi connectivity index (χ2v) is 4.38. The van der Waals surface area contributed by atoms with Gasteiger partial charge in [0.1, 0.15) is 0 Å². The van der Waals surface area contributed by atoms with Gasteiger partial charge in [-0.15, -0.1) is 0 Å². The van der Waals surface area contributed by atoms with Gasteiger partial charge in [0.15, 0.2) is 0 Å². The van der Waals surface area contributed by atoms with E-state index < -0.39 is 0 Å². The van der Waals surface area contributed by atoms with Gasteiger partial charge >= 0.3 is 6.01 Å². The zero-order chi connectivity index (χ0) is 14.9. The normalized spacial score (nSPS) is 10.4. The van der Waals surface area contributed by atoms with Gasteiger partial charge in [-0.05, 0) is 19.8 Å². The molecule has 0 bridgehead atoms. The lowest BCUT2D eigenvalue weighted by atomic mass is 10.3. The van der Waals surface area contributed by atoms with Gasteiger partial charge in [0.05, 0.1) is 12.9 Å². The van der Waals surface area contributed by atoms with Crippen molar-refractivity contribution in [1.82, 2.24) is 24.5 Å². The first kappa shape index (κ1) is 15.0. The number of unbranched alkanes of at least 4 members (excludes halogenated alkanes) is 1. The Balaban J connectivity index is 1.77. The summed E-state index contributed by atoms with van der Waals surface area (Å²) in [5.74, 6) is 1.02. The van der Waals surface area contributed by atoms with E-state index in [0.717, 1.165) is 25.9 Å². The van der Waals surface area contributed by atoms with Crippen molar-refractivity contribution in [2.75, 3.05) is 30.8 Å². The Morgan fingerprint density at radius 2 is 2.05 bits per heavy atom. The number of hydrogen-bond acceptors (Lipinski definition) is 7. The molecule has 0 radical (unpaired) electrons. The summed E-state index contributed by atoms with van der Waals surface area (Å²) in [6.07, 6.45) is 7.66. The lowest BCUT2D eigenvalue weighted by Gasteiger charge is -2.08. The van der Waals surface area contributed by atoms with Crippen LogP contribution in [-0.2, 0) is 6.54 Å². The average Bonchev–Trinajstić information content (AvgIpc) is 3.00. The van der Waals surface area contributed by atoms with Crippen molar-refractivity contribution in [3.8, 4) is 6.01 Å². The van der Waals surface area contributed by atoms with E-state index in [2.05, 4.69) is 35.1 Å². The molecule has 21 heavy (non-hydrogen) atoms. The van der Waals surface area contributed by atoms with Gasteiger partial charge in [0.25, 0.3) is 0 Å². The van der Waals surface area contributed by atoms with Crippen molar-refractivity contribution >= 4 is 11.9 Å². The number of aryl methyl sites for hydroxylation is 1. The van der Waals surface area contributed by atoms with Crippen LogP contribution in [0, 0.1) is 0 Å². The van der Waals surface area contributed by atoms with Crippen LogP contribution in [0.4, 0.5) is 11.9 Å². The highest BCUT2D eigenvalue weighted by atomic mass is 16.5. The van der Waals surface area contributed by atoms with Crippen LogP contribution >= 0.6 is 0 Å². The molecule has 0 amide bonds. The van der Waals surface area contributed by atoms with E-state index in [1.165, 1.54) is 0 Å². The maximum atomic E-state index is 5.31. The fourth-order valence-corrected chi connectivity index (χ4v) is 1.78. The summed E-state index contributed by atoms with van der Waals surface area (Å²) >= 11 is 0. The number of nitrogens with zero attached hydrogens (tertiary/aromatic N) is 5. The van der Waals surface area contributed by atoms with Gasteiger partial charge in [0, 0.05) is 32.5 Å². The first-order valence-electron chi connectivity index (χ1n) is 7.08. The Hall–Kier alpha value is -2.38. The minimum atomic E-state index is 0.331. The SMILES string of the molecule is CCOc1nc(NC)nc(NCCCCn2ccnc2)n1.